The van der Waals surface area contributed by atoms with Crippen molar-refractivity contribution in [1.29, 1.82) is 0 Å². The van der Waals surface area contributed by atoms with Crippen molar-refractivity contribution in [2.45, 2.75) is 19.4 Å². The Bertz CT molecular complexity index is 473. The highest BCUT2D eigenvalue weighted by atomic mass is 16.4. The van der Waals surface area contributed by atoms with E-state index in [1.807, 2.05) is 0 Å². The Balaban J connectivity index is 2.03. The third-order valence-corrected chi connectivity index (χ3v) is 3.04. The van der Waals surface area contributed by atoms with Crippen LogP contribution in [0.25, 0.3) is 0 Å². The summed E-state index contributed by atoms with van der Waals surface area (Å²) in [6, 6.07) is 6.06. The Labute approximate surface area is 105 Å². The summed E-state index contributed by atoms with van der Waals surface area (Å²) in [7, 11) is 0. The van der Waals surface area contributed by atoms with E-state index in [9.17, 15) is 9.59 Å². The van der Waals surface area contributed by atoms with Gasteiger partial charge in [0, 0.05) is 5.69 Å². The van der Waals surface area contributed by atoms with Gasteiger partial charge in [-0.1, -0.05) is 13.0 Å². The molecule has 5 nitrogen and oxygen atoms in total. The molecule has 1 aromatic carbocycles. The van der Waals surface area contributed by atoms with Gasteiger partial charge in [0.1, 0.15) is 0 Å². The Morgan fingerprint density at radius 3 is 2.83 bits per heavy atom. The zero-order chi connectivity index (χ0) is 13.1. The summed E-state index contributed by atoms with van der Waals surface area (Å²) in [4.78, 5) is 22.7. The molecule has 0 aromatic heterocycles. The van der Waals surface area contributed by atoms with Crippen LogP contribution in [0.5, 0.6) is 0 Å². The normalized spacial score (nSPS) is 22.7. The Kier molecular flexibility index (Phi) is 3.62. The lowest BCUT2D eigenvalue weighted by Crippen LogP contribution is -2.35. The Morgan fingerprint density at radius 1 is 1.44 bits per heavy atom. The molecular weight excluding hydrogens is 232 g/mol. The number of anilines is 1. The molecule has 96 valence electrons. The van der Waals surface area contributed by atoms with Gasteiger partial charge in [-0.25, -0.2) is 4.79 Å². The molecule has 0 spiro atoms. The zero-order valence-corrected chi connectivity index (χ0v) is 10.1. The number of amides is 1. The van der Waals surface area contributed by atoms with Crippen molar-refractivity contribution in [3.8, 4) is 0 Å². The summed E-state index contributed by atoms with van der Waals surface area (Å²) in [5, 5.41) is 14.7. The van der Waals surface area contributed by atoms with E-state index in [4.69, 9.17) is 5.11 Å². The molecule has 0 bridgehead atoms. The topological polar surface area (TPSA) is 78.4 Å². The molecule has 18 heavy (non-hydrogen) atoms. The standard InChI is InChI=1S/C13H16N2O3/c1-8-5-11(14-7-8)12(16)15-10-4-2-3-9(6-10)13(17)18/h2-4,6,8,11,14H,5,7H2,1H3,(H,15,16)(H,17,18)/t8?,11-/m0/s1. The second-order valence-corrected chi connectivity index (χ2v) is 4.68. The van der Waals surface area contributed by atoms with E-state index in [0.717, 1.165) is 13.0 Å². The van der Waals surface area contributed by atoms with Gasteiger partial charge in [-0.05, 0) is 37.1 Å². The van der Waals surface area contributed by atoms with Gasteiger partial charge in [-0.3, -0.25) is 4.79 Å². The molecule has 1 unspecified atom stereocenters. The maximum absolute atomic E-state index is 11.9. The first-order chi connectivity index (χ1) is 8.56. The molecule has 1 aliphatic heterocycles. The van der Waals surface area contributed by atoms with Gasteiger partial charge in [0.05, 0.1) is 11.6 Å². The van der Waals surface area contributed by atoms with Crippen LogP contribution < -0.4 is 10.6 Å². The molecule has 0 aliphatic carbocycles. The van der Waals surface area contributed by atoms with E-state index in [0.29, 0.717) is 11.6 Å². The van der Waals surface area contributed by atoms with Crippen LogP contribution in [0.2, 0.25) is 0 Å². The van der Waals surface area contributed by atoms with E-state index in [1.165, 1.54) is 12.1 Å². The number of carboxylic acids is 1. The zero-order valence-electron chi connectivity index (χ0n) is 10.1. The van der Waals surface area contributed by atoms with E-state index in [2.05, 4.69) is 17.6 Å². The number of carbonyl (C=O) groups is 2. The Hall–Kier alpha value is -1.88. The summed E-state index contributed by atoms with van der Waals surface area (Å²) in [5.74, 6) is -0.619. The van der Waals surface area contributed by atoms with Crippen molar-refractivity contribution in [3.63, 3.8) is 0 Å². The average molecular weight is 248 g/mol. The largest absolute Gasteiger partial charge is 0.478 e. The highest BCUT2D eigenvalue weighted by Gasteiger charge is 2.26. The first-order valence-electron chi connectivity index (χ1n) is 5.94. The van der Waals surface area contributed by atoms with Crippen LogP contribution in [0.4, 0.5) is 5.69 Å². The summed E-state index contributed by atoms with van der Waals surface area (Å²) < 4.78 is 0. The summed E-state index contributed by atoms with van der Waals surface area (Å²) >= 11 is 0. The molecular formula is C13H16N2O3. The second kappa shape index (κ2) is 5.18. The van der Waals surface area contributed by atoms with Gasteiger partial charge in [-0.2, -0.15) is 0 Å². The van der Waals surface area contributed by atoms with Gasteiger partial charge < -0.3 is 15.7 Å². The van der Waals surface area contributed by atoms with Crippen molar-refractivity contribution in [2.75, 3.05) is 11.9 Å². The lowest BCUT2D eigenvalue weighted by molar-refractivity contribution is -0.117. The number of aromatic carboxylic acids is 1. The predicted octanol–water partition coefficient (Wildman–Crippen LogP) is 1.32. The van der Waals surface area contributed by atoms with Crippen LogP contribution in [-0.2, 0) is 4.79 Å². The second-order valence-electron chi connectivity index (χ2n) is 4.68. The highest BCUT2D eigenvalue weighted by Crippen LogP contribution is 2.16. The first-order valence-corrected chi connectivity index (χ1v) is 5.94. The number of rotatable bonds is 3. The fourth-order valence-corrected chi connectivity index (χ4v) is 2.07. The van der Waals surface area contributed by atoms with E-state index >= 15 is 0 Å². The maximum Gasteiger partial charge on any atom is 0.335 e. The molecule has 1 fully saturated rings. The SMILES string of the molecule is CC1CN[C@H](C(=O)Nc2cccc(C(=O)O)c2)C1. The van der Waals surface area contributed by atoms with Crippen molar-refractivity contribution >= 4 is 17.6 Å². The number of nitrogens with one attached hydrogen (secondary N) is 2. The van der Waals surface area contributed by atoms with Crippen LogP contribution in [0.3, 0.4) is 0 Å². The monoisotopic (exact) mass is 248 g/mol. The van der Waals surface area contributed by atoms with E-state index < -0.39 is 5.97 Å². The highest BCUT2D eigenvalue weighted by molar-refractivity contribution is 5.96. The molecule has 1 aromatic rings. The van der Waals surface area contributed by atoms with Crippen LogP contribution in [0.1, 0.15) is 23.7 Å². The van der Waals surface area contributed by atoms with Crippen molar-refractivity contribution in [2.24, 2.45) is 5.92 Å². The number of carbonyl (C=O) groups excluding carboxylic acids is 1. The van der Waals surface area contributed by atoms with Crippen molar-refractivity contribution in [3.05, 3.63) is 29.8 Å². The number of benzene rings is 1. The fourth-order valence-electron chi connectivity index (χ4n) is 2.07. The first kappa shape index (κ1) is 12.6. The van der Waals surface area contributed by atoms with Gasteiger partial charge >= 0.3 is 5.97 Å². The minimum atomic E-state index is -1.00. The molecule has 2 rings (SSSR count). The molecule has 1 saturated heterocycles. The van der Waals surface area contributed by atoms with Gasteiger partial charge in [-0.15, -0.1) is 0 Å². The Morgan fingerprint density at radius 2 is 2.22 bits per heavy atom. The maximum atomic E-state index is 11.9. The van der Waals surface area contributed by atoms with Crippen LogP contribution in [0.15, 0.2) is 24.3 Å². The molecule has 2 atom stereocenters. The summed E-state index contributed by atoms with van der Waals surface area (Å²) in [6.07, 6.45) is 0.810. The number of hydrogen-bond donors (Lipinski definition) is 3. The van der Waals surface area contributed by atoms with E-state index in [-0.39, 0.29) is 17.5 Å². The molecule has 1 aliphatic rings. The predicted molar refractivity (Wildman–Crippen MR) is 67.6 cm³/mol. The van der Waals surface area contributed by atoms with Gasteiger partial charge in [0.2, 0.25) is 5.91 Å². The smallest absolute Gasteiger partial charge is 0.335 e. The van der Waals surface area contributed by atoms with Crippen LogP contribution in [-0.4, -0.2) is 29.6 Å². The summed E-state index contributed by atoms with van der Waals surface area (Å²) in [6.45, 7) is 2.93. The molecule has 0 radical (unpaired) electrons. The number of hydrogen-bond acceptors (Lipinski definition) is 3. The molecule has 5 heteroatoms. The lowest BCUT2D eigenvalue weighted by atomic mass is 10.1. The molecule has 1 amide bonds. The average Bonchev–Trinajstić information content (AvgIpc) is 2.76. The van der Waals surface area contributed by atoms with Gasteiger partial charge in [0.25, 0.3) is 0 Å². The number of carboxylic acid groups (broad SMARTS) is 1. The van der Waals surface area contributed by atoms with Crippen LogP contribution >= 0.6 is 0 Å². The third kappa shape index (κ3) is 2.87. The fraction of sp³-hybridized carbons (Fsp3) is 0.385. The van der Waals surface area contributed by atoms with Crippen molar-refractivity contribution < 1.29 is 14.7 Å². The molecule has 3 N–H and O–H groups in total. The molecule has 0 saturated carbocycles. The summed E-state index contributed by atoms with van der Waals surface area (Å²) in [5.41, 5.74) is 0.682. The quantitative estimate of drug-likeness (QED) is 0.754. The lowest BCUT2D eigenvalue weighted by Gasteiger charge is -2.11. The van der Waals surface area contributed by atoms with Crippen LogP contribution in [0, 0.1) is 5.92 Å². The van der Waals surface area contributed by atoms with Crippen molar-refractivity contribution in [1.82, 2.24) is 5.32 Å². The molecule has 1 heterocycles. The minimum absolute atomic E-state index is 0.109. The van der Waals surface area contributed by atoms with Gasteiger partial charge in [0.15, 0.2) is 0 Å². The van der Waals surface area contributed by atoms with E-state index in [1.54, 1.807) is 12.1 Å². The third-order valence-electron chi connectivity index (χ3n) is 3.04. The minimum Gasteiger partial charge on any atom is -0.478 e.